The van der Waals surface area contributed by atoms with Crippen LogP contribution in [0.5, 0.6) is 0 Å². The molecule has 2 heterocycles. The minimum absolute atomic E-state index is 0.0428. The Bertz CT molecular complexity index is 619. The Labute approximate surface area is 127 Å². The van der Waals surface area contributed by atoms with Crippen LogP contribution in [0.1, 0.15) is 12.8 Å². The van der Waals surface area contributed by atoms with Crippen LogP contribution in [0, 0.1) is 0 Å². The lowest BCUT2D eigenvalue weighted by molar-refractivity contribution is -0.117. The van der Waals surface area contributed by atoms with Gasteiger partial charge in [-0.3, -0.25) is 4.79 Å². The van der Waals surface area contributed by atoms with Crippen LogP contribution in [0.4, 0.5) is 5.69 Å². The van der Waals surface area contributed by atoms with E-state index in [9.17, 15) is 4.79 Å². The summed E-state index contributed by atoms with van der Waals surface area (Å²) in [7, 11) is 1.91. The number of nitrogens with one attached hydrogen (secondary N) is 2. The Kier molecular flexibility index (Phi) is 4.21. The van der Waals surface area contributed by atoms with Crippen molar-refractivity contribution in [2.75, 3.05) is 11.9 Å². The van der Waals surface area contributed by atoms with Crippen molar-refractivity contribution in [3.63, 3.8) is 0 Å². The average molecular weight is 303 g/mol. The first kappa shape index (κ1) is 14.1. The van der Waals surface area contributed by atoms with E-state index in [-0.39, 0.29) is 11.9 Å². The van der Waals surface area contributed by atoms with Gasteiger partial charge in [-0.25, -0.2) is 0 Å². The van der Waals surface area contributed by atoms with Crippen LogP contribution >= 0.6 is 11.8 Å². The van der Waals surface area contributed by atoms with Gasteiger partial charge in [-0.15, -0.1) is 10.2 Å². The van der Waals surface area contributed by atoms with Crippen LogP contribution in [-0.4, -0.2) is 33.3 Å². The summed E-state index contributed by atoms with van der Waals surface area (Å²) in [6.45, 7) is 0.922. The summed E-state index contributed by atoms with van der Waals surface area (Å²) in [5.41, 5.74) is 0.816. The molecule has 110 valence electrons. The third-order valence-corrected chi connectivity index (χ3v) is 4.44. The van der Waals surface area contributed by atoms with E-state index in [1.54, 1.807) is 6.33 Å². The fourth-order valence-corrected chi connectivity index (χ4v) is 2.98. The van der Waals surface area contributed by atoms with Crippen molar-refractivity contribution in [3.05, 3.63) is 30.6 Å². The maximum absolute atomic E-state index is 12.0. The van der Waals surface area contributed by atoms with Gasteiger partial charge in [0.25, 0.3) is 0 Å². The van der Waals surface area contributed by atoms with E-state index in [1.165, 1.54) is 11.8 Å². The second-order valence-corrected chi connectivity index (χ2v) is 6.03. The molecule has 1 unspecified atom stereocenters. The molecular weight excluding hydrogens is 286 g/mol. The van der Waals surface area contributed by atoms with Crippen LogP contribution in [0.25, 0.3) is 0 Å². The van der Waals surface area contributed by atoms with Crippen LogP contribution in [0.15, 0.2) is 40.6 Å². The van der Waals surface area contributed by atoms with Crippen LogP contribution < -0.4 is 10.6 Å². The standard InChI is InChI=1S/C14H17N5OS/c1-19-9-16-18-14(19)21-11-6-4-10(5-7-11)17-13(20)12-3-2-8-15-12/h4-7,9,12,15H,2-3,8H2,1H3,(H,17,20). The first-order valence-electron chi connectivity index (χ1n) is 6.88. The van der Waals surface area contributed by atoms with Gasteiger partial charge in [-0.05, 0) is 55.4 Å². The lowest BCUT2D eigenvalue weighted by Gasteiger charge is -2.11. The molecule has 0 radical (unpaired) electrons. The molecule has 2 N–H and O–H groups in total. The molecular formula is C14H17N5OS. The lowest BCUT2D eigenvalue weighted by Crippen LogP contribution is -2.35. The van der Waals surface area contributed by atoms with E-state index in [2.05, 4.69) is 20.8 Å². The van der Waals surface area contributed by atoms with Gasteiger partial charge in [-0.2, -0.15) is 0 Å². The van der Waals surface area contributed by atoms with Crippen molar-refractivity contribution >= 4 is 23.4 Å². The molecule has 2 aromatic rings. The Morgan fingerprint density at radius 3 is 2.86 bits per heavy atom. The molecule has 1 fully saturated rings. The summed E-state index contributed by atoms with van der Waals surface area (Å²) in [5.74, 6) is 0.0428. The first-order valence-corrected chi connectivity index (χ1v) is 7.70. The quantitative estimate of drug-likeness (QED) is 0.899. The van der Waals surface area contributed by atoms with Gasteiger partial charge in [-0.1, -0.05) is 0 Å². The molecule has 7 heteroatoms. The van der Waals surface area contributed by atoms with Crippen LogP contribution in [-0.2, 0) is 11.8 Å². The van der Waals surface area contributed by atoms with Gasteiger partial charge < -0.3 is 15.2 Å². The molecule has 0 bridgehead atoms. The fraction of sp³-hybridized carbons (Fsp3) is 0.357. The Morgan fingerprint density at radius 1 is 1.43 bits per heavy atom. The van der Waals surface area contributed by atoms with E-state index in [4.69, 9.17) is 0 Å². The summed E-state index contributed by atoms with van der Waals surface area (Å²) in [4.78, 5) is 13.1. The van der Waals surface area contributed by atoms with Crippen LogP contribution in [0.2, 0.25) is 0 Å². The monoisotopic (exact) mass is 303 g/mol. The molecule has 1 saturated heterocycles. The maximum atomic E-state index is 12.0. The SMILES string of the molecule is Cn1cnnc1Sc1ccc(NC(=O)C2CCCN2)cc1. The lowest BCUT2D eigenvalue weighted by atomic mass is 10.2. The minimum Gasteiger partial charge on any atom is -0.325 e. The fourth-order valence-electron chi connectivity index (χ4n) is 2.21. The number of carbonyl (C=O) groups excluding carboxylic acids is 1. The van der Waals surface area contributed by atoms with E-state index in [0.29, 0.717) is 0 Å². The number of aromatic nitrogens is 3. The number of hydrogen-bond acceptors (Lipinski definition) is 5. The van der Waals surface area contributed by atoms with Gasteiger partial charge >= 0.3 is 0 Å². The molecule has 21 heavy (non-hydrogen) atoms. The maximum Gasteiger partial charge on any atom is 0.241 e. The zero-order chi connectivity index (χ0) is 14.7. The first-order chi connectivity index (χ1) is 10.2. The number of anilines is 1. The number of benzene rings is 1. The highest BCUT2D eigenvalue weighted by molar-refractivity contribution is 7.99. The van der Waals surface area contributed by atoms with Gasteiger partial charge in [0.15, 0.2) is 5.16 Å². The van der Waals surface area contributed by atoms with Crippen molar-refractivity contribution in [2.45, 2.75) is 28.9 Å². The molecule has 1 atom stereocenters. The zero-order valence-corrected chi connectivity index (χ0v) is 12.6. The van der Waals surface area contributed by atoms with Crippen LogP contribution in [0.3, 0.4) is 0 Å². The van der Waals surface area contributed by atoms with Gasteiger partial charge in [0, 0.05) is 17.6 Å². The van der Waals surface area contributed by atoms with Crippen molar-refractivity contribution in [1.82, 2.24) is 20.1 Å². The number of amides is 1. The molecule has 1 aliphatic rings. The predicted molar refractivity (Wildman–Crippen MR) is 81.2 cm³/mol. The predicted octanol–water partition coefficient (Wildman–Crippen LogP) is 1.66. The minimum atomic E-state index is -0.0577. The molecule has 0 aliphatic carbocycles. The highest BCUT2D eigenvalue weighted by atomic mass is 32.2. The molecule has 1 aromatic heterocycles. The second kappa shape index (κ2) is 6.28. The smallest absolute Gasteiger partial charge is 0.241 e. The summed E-state index contributed by atoms with van der Waals surface area (Å²) in [6.07, 6.45) is 3.64. The molecule has 3 rings (SSSR count). The van der Waals surface area contributed by atoms with Crippen molar-refractivity contribution in [2.24, 2.45) is 7.05 Å². The van der Waals surface area contributed by atoms with E-state index in [0.717, 1.165) is 35.1 Å². The number of rotatable bonds is 4. The van der Waals surface area contributed by atoms with Gasteiger partial charge in [0.2, 0.25) is 5.91 Å². The summed E-state index contributed by atoms with van der Waals surface area (Å²) in [5, 5.41) is 14.8. The Morgan fingerprint density at radius 2 is 2.24 bits per heavy atom. The highest BCUT2D eigenvalue weighted by Crippen LogP contribution is 2.26. The highest BCUT2D eigenvalue weighted by Gasteiger charge is 2.21. The van der Waals surface area contributed by atoms with Gasteiger partial charge in [0.1, 0.15) is 6.33 Å². The average Bonchev–Trinajstić information content (AvgIpc) is 3.14. The zero-order valence-electron chi connectivity index (χ0n) is 11.7. The summed E-state index contributed by atoms with van der Waals surface area (Å²) in [6, 6.07) is 7.70. The number of nitrogens with zero attached hydrogens (tertiary/aromatic N) is 3. The molecule has 6 nitrogen and oxygen atoms in total. The van der Waals surface area contributed by atoms with Crippen molar-refractivity contribution in [1.29, 1.82) is 0 Å². The summed E-state index contributed by atoms with van der Waals surface area (Å²) >= 11 is 1.54. The molecule has 1 aliphatic heterocycles. The van der Waals surface area contributed by atoms with Crippen molar-refractivity contribution in [3.8, 4) is 0 Å². The largest absolute Gasteiger partial charge is 0.325 e. The number of aryl methyl sites for hydroxylation is 1. The molecule has 1 aromatic carbocycles. The third-order valence-electron chi connectivity index (χ3n) is 3.38. The third kappa shape index (κ3) is 3.43. The van der Waals surface area contributed by atoms with Gasteiger partial charge in [0.05, 0.1) is 6.04 Å². The van der Waals surface area contributed by atoms with Crippen molar-refractivity contribution < 1.29 is 4.79 Å². The normalized spacial score (nSPS) is 17.9. The summed E-state index contributed by atoms with van der Waals surface area (Å²) < 4.78 is 1.87. The second-order valence-electron chi connectivity index (χ2n) is 4.99. The van der Waals surface area contributed by atoms with E-state index >= 15 is 0 Å². The Hall–Kier alpha value is -1.86. The van der Waals surface area contributed by atoms with E-state index < -0.39 is 0 Å². The molecule has 0 saturated carbocycles. The number of hydrogen-bond donors (Lipinski definition) is 2. The van der Waals surface area contributed by atoms with E-state index in [1.807, 2.05) is 35.9 Å². The Balaban J connectivity index is 1.61. The topological polar surface area (TPSA) is 71.8 Å². The number of carbonyl (C=O) groups is 1. The molecule has 0 spiro atoms. The molecule has 1 amide bonds.